The maximum atomic E-state index is 13.6. The zero-order chi connectivity index (χ0) is 22.6. The number of Topliss-reactive ketones (excluding diaryl/α,β-unsaturated/α-hetero) is 1. The lowest BCUT2D eigenvalue weighted by molar-refractivity contribution is -0.132. The van der Waals surface area contributed by atoms with Crippen molar-refractivity contribution in [2.45, 2.75) is 32.4 Å². The molecule has 2 aromatic carbocycles. The van der Waals surface area contributed by atoms with E-state index < -0.39 is 23.5 Å². The van der Waals surface area contributed by atoms with Gasteiger partial charge in [0.15, 0.2) is 0 Å². The van der Waals surface area contributed by atoms with E-state index in [1.54, 1.807) is 25.1 Å². The minimum Gasteiger partial charge on any atom is -0.507 e. The number of aromatic nitrogens is 2. The van der Waals surface area contributed by atoms with E-state index in [1.807, 2.05) is 6.92 Å². The monoisotopic (exact) mass is 451 g/mol. The number of nitrogens with zero attached hydrogens (tertiary/aromatic N) is 3. The van der Waals surface area contributed by atoms with Crippen molar-refractivity contribution in [2.75, 3.05) is 4.90 Å². The van der Waals surface area contributed by atoms with Crippen LogP contribution in [-0.4, -0.2) is 33.1 Å². The highest BCUT2D eigenvalue weighted by atomic mass is 32.1. The fourth-order valence-corrected chi connectivity index (χ4v) is 4.81. The summed E-state index contributed by atoms with van der Waals surface area (Å²) >= 11 is 1.15. The number of amides is 1. The minimum absolute atomic E-state index is 0.0211. The molecule has 9 heteroatoms. The van der Waals surface area contributed by atoms with Crippen molar-refractivity contribution >= 4 is 33.9 Å². The second-order valence-electron chi connectivity index (χ2n) is 7.78. The van der Waals surface area contributed by atoms with Gasteiger partial charge in [0.1, 0.15) is 28.4 Å². The van der Waals surface area contributed by atoms with Crippen LogP contribution < -0.4 is 9.64 Å². The molecule has 2 atom stereocenters. The molecule has 0 aliphatic carbocycles. The van der Waals surface area contributed by atoms with Gasteiger partial charge in [-0.05, 0) is 55.3 Å². The molecule has 1 aromatic heterocycles. The van der Waals surface area contributed by atoms with E-state index in [4.69, 9.17) is 4.74 Å². The van der Waals surface area contributed by atoms with Crippen LogP contribution in [-0.2, 0) is 16.0 Å². The van der Waals surface area contributed by atoms with E-state index in [1.165, 1.54) is 29.2 Å². The second-order valence-corrected chi connectivity index (χ2v) is 8.94. The number of benzene rings is 2. The number of rotatable bonds is 3. The lowest BCUT2D eigenvalue weighted by atomic mass is 9.94. The molecular formula is C23H18FN3O4S. The van der Waals surface area contributed by atoms with Crippen molar-refractivity contribution < 1.29 is 23.8 Å². The number of aliphatic hydroxyl groups excluding tert-OH is 1. The van der Waals surface area contributed by atoms with Crippen LogP contribution in [0.5, 0.6) is 5.75 Å². The molecule has 1 amide bonds. The van der Waals surface area contributed by atoms with Gasteiger partial charge in [-0.3, -0.25) is 14.5 Å². The Labute approximate surface area is 186 Å². The van der Waals surface area contributed by atoms with E-state index in [9.17, 15) is 19.1 Å². The van der Waals surface area contributed by atoms with Gasteiger partial charge in [-0.1, -0.05) is 23.5 Å². The lowest BCUT2D eigenvalue weighted by Gasteiger charge is -2.22. The number of ether oxygens (including phenoxy) is 1. The van der Waals surface area contributed by atoms with Crippen molar-refractivity contribution in [3.8, 4) is 5.75 Å². The van der Waals surface area contributed by atoms with E-state index in [-0.39, 0.29) is 22.6 Å². The quantitative estimate of drug-likeness (QED) is 0.368. The molecule has 1 fully saturated rings. The topological polar surface area (TPSA) is 92.6 Å². The first kappa shape index (κ1) is 20.3. The molecule has 2 aliphatic heterocycles. The second kappa shape index (κ2) is 7.52. The van der Waals surface area contributed by atoms with Gasteiger partial charge in [0.2, 0.25) is 5.13 Å². The lowest BCUT2D eigenvalue weighted by Crippen LogP contribution is -2.29. The molecule has 0 spiro atoms. The van der Waals surface area contributed by atoms with Gasteiger partial charge in [-0.2, -0.15) is 0 Å². The number of anilines is 1. The molecule has 3 heterocycles. The predicted octanol–water partition coefficient (Wildman–Crippen LogP) is 3.94. The third kappa shape index (κ3) is 3.25. The maximum Gasteiger partial charge on any atom is 0.301 e. The Morgan fingerprint density at radius 3 is 2.62 bits per heavy atom. The van der Waals surface area contributed by atoms with Gasteiger partial charge in [0, 0.05) is 12.0 Å². The molecule has 162 valence electrons. The third-order valence-electron chi connectivity index (χ3n) is 5.52. The molecule has 1 N–H and O–H groups in total. The van der Waals surface area contributed by atoms with Crippen molar-refractivity contribution in [2.24, 2.45) is 0 Å². The highest BCUT2D eigenvalue weighted by molar-refractivity contribution is 7.15. The highest BCUT2D eigenvalue weighted by Gasteiger charge is 2.48. The molecule has 0 unspecified atom stereocenters. The van der Waals surface area contributed by atoms with Gasteiger partial charge >= 0.3 is 5.91 Å². The van der Waals surface area contributed by atoms with Crippen LogP contribution in [0.2, 0.25) is 0 Å². The number of carbonyl (C=O) groups is 2. The van der Waals surface area contributed by atoms with Crippen LogP contribution >= 0.6 is 11.3 Å². The van der Waals surface area contributed by atoms with Crippen LogP contribution in [0.1, 0.15) is 34.7 Å². The SMILES string of the molecule is Cc1nnc(N2C(=O)C(=O)C(=C(O)c3ccc4c(c3)C[C@@H](C)O4)[C@H]2c2ccc(F)cc2)s1. The van der Waals surface area contributed by atoms with Gasteiger partial charge in [0.05, 0.1) is 11.6 Å². The van der Waals surface area contributed by atoms with Crippen LogP contribution in [0.15, 0.2) is 48.0 Å². The molecule has 1 saturated heterocycles. The van der Waals surface area contributed by atoms with Crippen molar-refractivity contribution in [3.63, 3.8) is 0 Å². The molecule has 0 saturated carbocycles. The van der Waals surface area contributed by atoms with Gasteiger partial charge < -0.3 is 9.84 Å². The van der Waals surface area contributed by atoms with Crippen LogP contribution in [0.4, 0.5) is 9.52 Å². The van der Waals surface area contributed by atoms with Crippen LogP contribution in [0.3, 0.4) is 0 Å². The number of aryl methyl sites for hydroxylation is 1. The fraction of sp³-hybridized carbons (Fsp3) is 0.217. The van der Waals surface area contributed by atoms with E-state index in [2.05, 4.69) is 10.2 Å². The molecule has 0 radical (unpaired) electrons. The zero-order valence-corrected chi connectivity index (χ0v) is 18.0. The molecular weight excluding hydrogens is 433 g/mol. The molecule has 2 aliphatic rings. The van der Waals surface area contributed by atoms with Crippen LogP contribution in [0.25, 0.3) is 5.76 Å². The third-order valence-corrected chi connectivity index (χ3v) is 6.36. The summed E-state index contributed by atoms with van der Waals surface area (Å²) in [6, 6.07) is 9.64. The van der Waals surface area contributed by atoms with Gasteiger partial charge in [-0.25, -0.2) is 4.39 Å². The standard InChI is InChI=1S/C23H18FN3O4S/c1-11-9-15-10-14(5-8-17(15)31-11)20(28)18-19(13-3-6-16(24)7-4-13)27(22(30)21(18)29)23-26-25-12(2)32-23/h3-8,10-11,19,28H,9H2,1-2H3/t11-,19-/m1/s1. The summed E-state index contributed by atoms with van der Waals surface area (Å²) in [5.41, 5.74) is 1.70. The number of halogens is 1. The number of hydrogen-bond donors (Lipinski definition) is 1. The molecule has 32 heavy (non-hydrogen) atoms. The largest absolute Gasteiger partial charge is 0.507 e. The van der Waals surface area contributed by atoms with Crippen LogP contribution in [0, 0.1) is 12.7 Å². The summed E-state index contributed by atoms with van der Waals surface area (Å²) < 4.78 is 19.3. The van der Waals surface area contributed by atoms with E-state index in [0.717, 1.165) is 22.6 Å². The normalized spacial score (nSPS) is 21.7. The Morgan fingerprint density at radius 1 is 1.19 bits per heavy atom. The molecule has 7 nitrogen and oxygen atoms in total. The summed E-state index contributed by atoms with van der Waals surface area (Å²) in [5.74, 6) is -1.69. The smallest absolute Gasteiger partial charge is 0.301 e. The first-order valence-corrected chi connectivity index (χ1v) is 10.8. The molecule has 5 rings (SSSR count). The van der Waals surface area contributed by atoms with Crippen molar-refractivity contribution in [1.29, 1.82) is 0 Å². The number of carbonyl (C=O) groups excluding carboxylic acids is 2. The molecule has 0 bridgehead atoms. The molecule has 3 aromatic rings. The average molecular weight is 451 g/mol. The first-order valence-electron chi connectivity index (χ1n) is 10.00. The fourth-order valence-electron chi connectivity index (χ4n) is 4.10. The Balaban J connectivity index is 1.68. The number of fused-ring (bicyclic) bond motifs is 1. The Kier molecular flexibility index (Phi) is 4.78. The summed E-state index contributed by atoms with van der Waals surface area (Å²) in [4.78, 5) is 27.3. The minimum atomic E-state index is -0.966. The number of hydrogen-bond acceptors (Lipinski definition) is 7. The Hall–Kier alpha value is -3.59. The summed E-state index contributed by atoms with van der Waals surface area (Å²) in [7, 11) is 0. The first-order chi connectivity index (χ1) is 15.3. The number of aliphatic hydroxyl groups is 1. The Morgan fingerprint density at radius 2 is 1.94 bits per heavy atom. The maximum absolute atomic E-state index is 13.6. The summed E-state index contributed by atoms with van der Waals surface area (Å²) in [6.07, 6.45) is 0.698. The Bertz CT molecular complexity index is 1280. The van der Waals surface area contributed by atoms with E-state index in [0.29, 0.717) is 22.6 Å². The predicted molar refractivity (Wildman–Crippen MR) is 116 cm³/mol. The van der Waals surface area contributed by atoms with Gasteiger partial charge in [-0.15, -0.1) is 10.2 Å². The zero-order valence-electron chi connectivity index (χ0n) is 17.2. The van der Waals surface area contributed by atoms with E-state index >= 15 is 0 Å². The van der Waals surface area contributed by atoms with Crippen molar-refractivity contribution in [1.82, 2.24) is 10.2 Å². The summed E-state index contributed by atoms with van der Waals surface area (Å²) in [6.45, 7) is 3.68. The number of ketones is 1. The average Bonchev–Trinajstić information content (AvgIpc) is 3.43. The summed E-state index contributed by atoms with van der Waals surface area (Å²) in [5, 5.41) is 20.0. The van der Waals surface area contributed by atoms with Crippen molar-refractivity contribution in [3.05, 3.63) is 75.6 Å². The highest BCUT2D eigenvalue weighted by Crippen LogP contribution is 2.43. The van der Waals surface area contributed by atoms with Gasteiger partial charge in [0.25, 0.3) is 5.78 Å².